The van der Waals surface area contributed by atoms with Gasteiger partial charge in [-0.3, -0.25) is 9.59 Å². The van der Waals surface area contributed by atoms with Crippen molar-refractivity contribution in [3.8, 4) is 11.3 Å². The molecule has 0 saturated heterocycles. The van der Waals surface area contributed by atoms with Crippen LogP contribution >= 0.6 is 15.9 Å². The lowest BCUT2D eigenvalue weighted by Gasteiger charge is -2.07. The molecule has 0 aliphatic rings. The van der Waals surface area contributed by atoms with E-state index in [0.717, 1.165) is 14.7 Å². The molecule has 0 aliphatic carbocycles. The number of carbonyl (C=O) groups is 1. The molecule has 1 amide bonds. The van der Waals surface area contributed by atoms with Crippen molar-refractivity contribution in [3.05, 3.63) is 63.1 Å². The van der Waals surface area contributed by atoms with Crippen molar-refractivity contribution in [1.29, 1.82) is 0 Å². The summed E-state index contributed by atoms with van der Waals surface area (Å²) in [6.07, 6.45) is 0. The highest BCUT2D eigenvalue weighted by Gasteiger charge is 2.10. The van der Waals surface area contributed by atoms with Gasteiger partial charge in [-0.05, 0) is 25.1 Å². The van der Waals surface area contributed by atoms with E-state index >= 15 is 0 Å². The van der Waals surface area contributed by atoms with E-state index < -0.39 is 5.91 Å². The van der Waals surface area contributed by atoms with Crippen molar-refractivity contribution in [2.75, 3.05) is 5.32 Å². The Kier molecular flexibility index (Phi) is 4.57. The topological polar surface area (TPSA) is 90.0 Å². The van der Waals surface area contributed by atoms with Crippen molar-refractivity contribution in [2.24, 2.45) is 0 Å². The molecule has 0 saturated carbocycles. The molecule has 0 fully saturated rings. The van der Waals surface area contributed by atoms with Crippen molar-refractivity contribution < 1.29 is 9.32 Å². The van der Waals surface area contributed by atoms with Gasteiger partial charge in [0, 0.05) is 22.2 Å². The quantitative estimate of drug-likeness (QED) is 0.741. The van der Waals surface area contributed by atoms with Gasteiger partial charge >= 0.3 is 0 Å². The van der Waals surface area contributed by atoms with E-state index in [2.05, 4.69) is 31.5 Å². The molecule has 0 atom stereocenters. The van der Waals surface area contributed by atoms with Gasteiger partial charge in [0.15, 0.2) is 5.82 Å². The summed E-state index contributed by atoms with van der Waals surface area (Å²) >= 11 is 3.37. The summed E-state index contributed by atoms with van der Waals surface area (Å²) < 4.78 is 6.93. The molecular weight excluding hydrogens is 376 g/mol. The minimum atomic E-state index is -0.411. The number of hydrogen-bond acceptors (Lipinski definition) is 5. The third kappa shape index (κ3) is 3.77. The lowest BCUT2D eigenvalue weighted by atomic mass is 10.1. The summed E-state index contributed by atoms with van der Waals surface area (Å²) in [5.74, 6) is 0.471. The highest BCUT2D eigenvalue weighted by atomic mass is 79.9. The molecule has 8 heteroatoms. The number of amides is 1. The number of halogens is 1. The summed E-state index contributed by atoms with van der Waals surface area (Å²) in [6, 6.07) is 12.1. The normalized spacial score (nSPS) is 10.6. The van der Waals surface area contributed by atoms with E-state index in [4.69, 9.17) is 4.52 Å². The molecule has 2 heterocycles. The number of carbonyl (C=O) groups excluding carboxylic acids is 1. The number of aryl methyl sites for hydroxylation is 1. The number of benzene rings is 1. The van der Waals surface area contributed by atoms with Crippen molar-refractivity contribution >= 4 is 27.7 Å². The summed E-state index contributed by atoms with van der Waals surface area (Å²) in [4.78, 5) is 24.0. The lowest BCUT2D eigenvalue weighted by Crippen LogP contribution is -2.29. The van der Waals surface area contributed by atoms with Gasteiger partial charge in [-0.15, -0.1) is 0 Å². The number of nitrogens with one attached hydrogen (secondary N) is 1. The highest BCUT2D eigenvalue weighted by Crippen LogP contribution is 2.18. The van der Waals surface area contributed by atoms with Crippen LogP contribution in [-0.2, 0) is 11.3 Å². The van der Waals surface area contributed by atoms with Crippen LogP contribution in [0.4, 0.5) is 5.82 Å². The second kappa shape index (κ2) is 6.79. The summed E-state index contributed by atoms with van der Waals surface area (Å²) in [5, 5.41) is 10.5. The third-order valence-electron chi connectivity index (χ3n) is 3.20. The molecule has 1 N–H and O–H groups in total. The third-order valence-corrected chi connectivity index (χ3v) is 3.72. The fraction of sp³-hybridized carbons (Fsp3) is 0.125. The van der Waals surface area contributed by atoms with E-state index in [1.165, 1.54) is 6.07 Å². The van der Waals surface area contributed by atoms with Gasteiger partial charge in [0.25, 0.3) is 5.56 Å². The maximum Gasteiger partial charge on any atom is 0.267 e. The molecule has 0 unspecified atom stereocenters. The summed E-state index contributed by atoms with van der Waals surface area (Å²) in [7, 11) is 0. The van der Waals surface area contributed by atoms with Crippen LogP contribution in [0.5, 0.6) is 0 Å². The fourth-order valence-electron chi connectivity index (χ4n) is 2.08. The molecule has 0 radical (unpaired) electrons. The molecule has 122 valence electrons. The second-order valence-corrected chi connectivity index (χ2v) is 6.01. The SMILES string of the molecule is Cc1cc(NC(=O)Cn2nc(-c3ccc(Br)cc3)ccc2=O)no1. The van der Waals surface area contributed by atoms with Crippen LogP contribution in [0, 0.1) is 6.92 Å². The first-order chi connectivity index (χ1) is 11.5. The number of hydrogen-bond donors (Lipinski definition) is 1. The van der Waals surface area contributed by atoms with Gasteiger partial charge in [-0.1, -0.05) is 33.2 Å². The Hall–Kier alpha value is -2.74. The first kappa shape index (κ1) is 16.1. The van der Waals surface area contributed by atoms with Gasteiger partial charge in [-0.2, -0.15) is 5.10 Å². The van der Waals surface area contributed by atoms with Crippen LogP contribution in [0.3, 0.4) is 0 Å². The van der Waals surface area contributed by atoms with Crippen LogP contribution in [0.15, 0.2) is 56.3 Å². The molecule has 7 nitrogen and oxygen atoms in total. The largest absolute Gasteiger partial charge is 0.360 e. The first-order valence-corrected chi connectivity index (χ1v) is 7.88. The second-order valence-electron chi connectivity index (χ2n) is 5.09. The minimum Gasteiger partial charge on any atom is -0.360 e. The van der Waals surface area contributed by atoms with Crippen molar-refractivity contribution in [3.63, 3.8) is 0 Å². The molecule has 3 aromatic rings. The Bertz CT molecular complexity index is 931. The molecule has 0 bridgehead atoms. The average molecular weight is 389 g/mol. The lowest BCUT2D eigenvalue weighted by molar-refractivity contribution is -0.117. The maximum atomic E-state index is 12.0. The zero-order chi connectivity index (χ0) is 17.1. The highest BCUT2D eigenvalue weighted by molar-refractivity contribution is 9.10. The van der Waals surface area contributed by atoms with Crippen LogP contribution in [0.2, 0.25) is 0 Å². The number of nitrogens with zero attached hydrogens (tertiary/aromatic N) is 3. The van der Waals surface area contributed by atoms with E-state index in [1.54, 1.807) is 19.1 Å². The fourth-order valence-corrected chi connectivity index (χ4v) is 2.34. The van der Waals surface area contributed by atoms with E-state index in [9.17, 15) is 9.59 Å². The molecule has 2 aromatic heterocycles. The Labute approximate surface area is 145 Å². The Morgan fingerprint density at radius 3 is 2.67 bits per heavy atom. The molecule has 24 heavy (non-hydrogen) atoms. The Morgan fingerprint density at radius 1 is 1.25 bits per heavy atom. The maximum absolute atomic E-state index is 12.0. The minimum absolute atomic E-state index is 0.213. The van der Waals surface area contributed by atoms with Crippen LogP contribution < -0.4 is 10.9 Å². The van der Waals surface area contributed by atoms with E-state index in [0.29, 0.717) is 17.3 Å². The predicted octanol–water partition coefficient (Wildman–Crippen LogP) is 2.61. The van der Waals surface area contributed by atoms with Crippen molar-refractivity contribution in [2.45, 2.75) is 13.5 Å². The summed E-state index contributed by atoms with van der Waals surface area (Å²) in [6.45, 7) is 1.51. The van der Waals surface area contributed by atoms with Crippen LogP contribution in [-0.4, -0.2) is 20.8 Å². The standard InChI is InChI=1S/C16H13BrN4O3/c1-10-8-14(20-24-10)18-15(22)9-21-16(23)7-6-13(19-21)11-2-4-12(17)5-3-11/h2-8H,9H2,1H3,(H,18,20,22). The zero-order valence-electron chi connectivity index (χ0n) is 12.7. The van der Waals surface area contributed by atoms with Gasteiger partial charge < -0.3 is 9.84 Å². The molecular formula is C16H13BrN4O3. The van der Waals surface area contributed by atoms with Crippen LogP contribution in [0.25, 0.3) is 11.3 Å². The zero-order valence-corrected chi connectivity index (χ0v) is 14.3. The Balaban J connectivity index is 1.80. The summed E-state index contributed by atoms with van der Waals surface area (Å²) in [5.41, 5.74) is 1.09. The van der Waals surface area contributed by atoms with Crippen LogP contribution in [0.1, 0.15) is 5.76 Å². The average Bonchev–Trinajstić information content (AvgIpc) is 2.95. The number of anilines is 1. The van der Waals surface area contributed by atoms with Gasteiger partial charge in [0.2, 0.25) is 5.91 Å². The monoisotopic (exact) mass is 388 g/mol. The molecule has 0 aliphatic heterocycles. The van der Waals surface area contributed by atoms with Gasteiger partial charge in [0.1, 0.15) is 12.3 Å². The smallest absolute Gasteiger partial charge is 0.267 e. The van der Waals surface area contributed by atoms with Gasteiger partial charge in [-0.25, -0.2) is 4.68 Å². The molecule has 3 rings (SSSR count). The number of aromatic nitrogens is 3. The predicted molar refractivity (Wildman–Crippen MR) is 91.5 cm³/mol. The van der Waals surface area contributed by atoms with E-state index in [1.807, 2.05) is 24.3 Å². The van der Waals surface area contributed by atoms with E-state index in [-0.39, 0.29) is 12.1 Å². The number of rotatable bonds is 4. The van der Waals surface area contributed by atoms with Gasteiger partial charge in [0.05, 0.1) is 5.69 Å². The first-order valence-electron chi connectivity index (χ1n) is 7.08. The Morgan fingerprint density at radius 2 is 2.00 bits per heavy atom. The molecule has 1 aromatic carbocycles. The molecule has 0 spiro atoms. The van der Waals surface area contributed by atoms with Crippen molar-refractivity contribution in [1.82, 2.24) is 14.9 Å².